The topological polar surface area (TPSA) is 86.5 Å². The van der Waals surface area contributed by atoms with E-state index in [1.165, 1.54) is 0 Å². The van der Waals surface area contributed by atoms with Crippen LogP contribution in [0.25, 0.3) is 5.69 Å². The van der Waals surface area contributed by atoms with Crippen LogP contribution in [-0.2, 0) is 22.4 Å². The van der Waals surface area contributed by atoms with Crippen molar-refractivity contribution in [3.05, 3.63) is 71.0 Å². The Morgan fingerprint density at radius 2 is 1.90 bits per heavy atom. The normalized spacial score (nSPS) is 12.0. The molecule has 0 bridgehead atoms. The number of para-hydroxylation sites is 1. The lowest BCUT2D eigenvalue weighted by molar-refractivity contribution is -0.149. The summed E-state index contributed by atoms with van der Waals surface area (Å²) in [6, 6.07) is 15.5. The number of rotatable bonds is 10. The van der Waals surface area contributed by atoms with Crippen LogP contribution in [0.5, 0.6) is 5.75 Å². The zero-order valence-electron chi connectivity index (χ0n) is 17.5. The number of carboxylic acid groups (broad SMARTS) is 1. The molecule has 1 unspecified atom stereocenters. The third kappa shape index (κ3) is 5.45. The molecule has 0 saturated heterocycles. The molecule has 0 spiro atoms. The minimum Gasteiger partial charge on any atom is -0.493 e. The molecule has 30 heavy (non-hydrogen) atoms. The zero-order chi connectivity index (χ0) is 21.5. The number of carbonyl (C=O) groups is 1. The molecule has 1 atom stereocenters. The lowest BCUT2D eigenvalue weighted by atomic mass is 10.0. The lowest BCUT2D eigenvalue weighted by Gasteiger charge is -2.15. The Balaban J connectivity index is 1.58. The van der Waals surface area contributed by atoms with Gasteiger partial charge in [-0.15, -0.1) is 0 Å². The van der Waals surface area contributed by atoms with Crippen LogP contribution in [0, 0.1) is 13.8 Å². The second kappa shape index (κ2) is 10.0. The van der Waals surface area contributed by atoms with Gasteiger partial charge in [-0.05, 0) is 56.2 Å². The molecule has 1 N–H and O–H groups in total. The van der Waals surface area contributed by atoms with Crippen LogP contribution in [0.1, 0.15) is 29.4 Å². The first-order valence-electron chi connectivity index (χ1n) is 10.0. The van der Waals surface area contributed by atoms with Crippen molar-refractivity contribution in [1.82, 2.24) is 15.0 Å². The lowest BCUT2D eigenvalue weighted by Crippen LogP contribution is -2.26. The van der Waals surface area contributed by atoms with Gasteiger partial charge in [-0.25, -0.2) is 4.79 Å². The van der Waals surface area contributed by atoms with Crippen LogP contribution < -0.4 is 4.74 Å². The zero-order valence-corrected chi connectivity index (χ0v) is 17.5. The fourth-order valence-electron chi connectivity index (χ4n) is 3.19. The van der Waals surface area contributed by atoms with Gasteiger partial charge in [0.25, 0.3) is 0 Å². The molecule has 7 nitrogen and oxygen atoms in total. The number of hydrogen-bond donors (Lipinski definition) is 1. The van der Waals surface area contributed by atoms with Crippen molar-refractivity contribution in [2.75, 3.05) is 13.2 Å². The van der Waals surface area contributed by atoms with E-state index in [0.717, 1.165) is 34.0 Å². The predicted molar refractivity (Wildman–Crippen MR) is 113 cm³/mol. The van der Waals surface area contributed by atoms with Gasteiger partial charge in [0.2, 0.25) is 0 Å². The number of aromatic nitrogens is 3. The maximum atomic E-state index is 11.3. The van der Waals surface area contributed by atoms with Crippen molar-refractivity contribution in [1.29, 1.82) is 0 Å². The van der Waals surface area contributed by atoms with Gasteiger partial charge in [-0.2, -0.15) is 15.0 Å². The Bertz CT molecular complexity index is 985. The summed E-state index contributed by atoms with van der Waals surface area (Å²) in [5, 5.41) is 18.3. The van der Waals surface area contributed by atoms with Crippen LogP contribution >= 0.6 is 0 Å². The summed E-state index contributed by atoms with van der Waals surface area (Å²) in [5.41, 5.74) is 4.61. The van der Waals surface area contributed by atoms with Gasteiger partial charge >= 0.3 is 5.97 Å². The Morgan fingerprint density at radius 1 is 1.13 bits per heavy atom. The first-order chi connectivity index (χ1) is 14.5. The van der Waals surface area contributed by atoms with Crippen molar-refractivity contribution in [3.63, 3.8) is 0 Å². The molecule has 3 aromatic rings. The van der Waals surface area contributed by atoms with E-state index in [0.29, 0.717) is 26.1 Å². The van der Waals surface area contributed by atoms with Crippen molar-refractivity contribution >= 4 is 5.97 Å². The van der Waals surface area contributed by atoms with Crippen LogP contribution in [0.2, 0.25) is 0 Å². The standard InChI is InChI=1S/C23H27N3O4/c1-4-29-22(23(27)28)15-18-10-11-20(14-16(18)2)30-13-12-21-17(3)24-26(25-21)19-8-6-5-7-9-19/h5-11,14,22H,4,12-13,15H2,1-3H3,(H,27,28). The van der Waals surface area contributed by atoms with Gasteiger partial charge in [0, 0.05) is 19.4 Å². The van der Waals surface area contributed by atoms with Gasteiger partial charge in [0.05, 0.1) is 23.7 Å². The van der Waals surface area contributed by atoms with Gasteiger partial charge < -0.3 is 14.6 Å². The molecule has 0 saturated carbocycles. The van der Waals surface area contributed by atoms with Crippen molar-refractivity contribution in [2.45, 2.75) is 39.7 Å². The van der Waals surface area contributed by atoms with E-state index in [2.05, 4.69) is 10.2 Å². The van der Waals surface area contributed by atoms with E-state index in [9.17, 15) is 9.90 Å². The fourth-order valence-corrected chi connectivity index (χ4v) is 3.19. The molecule has 158 valence electrons. The molecule has 0 aliphatic heterocycles. The molecule has 0 aliphatic rings. The van der Waals surface area contributed by atoms with Gasteiger partial charge in [-0.1, -0.05) is 24.3 Å². The number of carboxylic acids is 1. The molecule has 0 radical (unpaired) electrons. The highest BCUT2D eigenvalue weighted by Crippen LogP contribution is 2.20. The maximum absolute atomic E-state index is 11.3. The van der Waals surface area contributed by atoms with E-state index < -0.39 is 12.1 Å². The molecule has 7 heteroatoms. The van der Waals surface area contributed by atoms with Crippen molar-refractivity contribution in [2.24, 2.45) is 0 Å². The van der Waals surface area contributed by atoms with E-state index in [1.807, 2.05) is 62.4 Å². The fraction of sp³-hybridized carbons (Fsp3) is 0.348. The highest BCUT2D eigenvalue weighted by atomic mass is 16.5. The highest BCUT2D eigenvalue weighted by Gasteiger charge is 2.19. The Morgan fingerprint density at radius 3 is 2.57 bits per heavy atom. The number of aryl methyl sites for hydroxylation is 2. The van der Waals surface area contributed by atoms with E-state index in [1.54, 1.807) is 11.7 Å². The monoisotopic (exact) mass is 409 g/mol. The highest BCUT2D eigenvalue weighted by molar-refractivity contribution is 5.72. The number of nitrogens with zero attached hydrogens (tertiary/aromatic N) is 3. The summed E-state index contributed by atoms with van der Waals surface area (Å²) < 4.78 is 11.2. The number of hydrogen-bond acceptors (Lipinski definition) is 5. The molecular formula is C23H27N3O4. The largest absolute Gasteiger partial charge is 0.493 e. The third-order valence-electron chi connectivity index (χ3n) is 4.84. The third-order valence-corrected chi connectivity index (χ3v) is 4.84. The Kier molecular flexibility index (Phi) is 7.19. The Labute approximate surface area is 176 Å². The molecule has 0 aliphatic carbocycles. The number of ether oxygens (including phenoxy) is 2. The van der Waals surface area contributed by atoms with Gasteiger partial charge in [0.15, 0.2) is 6.10 Å². The van der Waals surface area contributed by atoms with E-state index >= 15 is 0 Å². The van der Waals surface area contributed by atoms with Crippen LogP contribution in [-0.4, -0.2) is 45.4 Å². The molecule has 2 aromatic carbocycles. The molecule has 0 fully saturated rings. The minimum atomic E-state index is -0.949. The summed E-state index contributed by atoms with van der Waals surface area (Å²) in [5.74, 6) is -0.205. The first kappa shape index (κ1) is 21.5. The average molecular weight is 409 g/mol. The summed E-state index contributed by atoms with van der Waals surface area (Å²) in [6.07, 6.45) is 0.137. The van der Waals surface area contributed by atoms with E-state index in [-0.39, 0.29) is 0 Å². The first-order valence-corrected chi connectivity index (χ1v) is 10.0. The molecule has 1 aromatic heterocycles. The van der Waals surface area contributed by atoms with Gasteiger partial charge in [0.1, 0.15) is 5.75 Å². The molecule has 1 heterocycles. The summed E-state index contributed by atoms with van der Waals surface area (Å²) in [4.78, 5) is 12.9. The van der Waals surface area contributed by atoms with Crippen LogP contribution in [0.4, 0.5) is 0 Å². The SMILES string of the molecule is CCOC(Cc1ccc(OCCc2nn(-c3ccccc3)nc2C)cc1C)C(=O)O. The Hall–Kier alpha value is -3.19. The predicted octanol–water partition coefficient (Wildman–Crippen LogP) is 3.54. The maximum Gasteiger partial charge on any atom is 0.333 e. The average Bonchev–Trinajstić information content (AvgIpc) is 3.10. The summed E-state index contributed by atoms with van der Waals surface area (Å²) in [7, 11) is 0. The summed E-state index contributed by atoms with van der Waals surface area (Å²) >= 11 is 0. The second-order valence-electron chi connectivity index (χ2n) is 7.03. The molecule has 0 amide bonds. The van der Waals surface area contributed by atoms with Gasteiger partial charge in [-0.3, -0.25) is 0 Å². The number of aliphatic carboxylic acids is 1. The minimum absolute atomic E-state index is 0.330. The second-order valence-corrected chi connectivity index (χ2v) is 7.03. The van der Waals surface area contributed by atoms with Crippen LogP contribution in [0.15, 0.2) is 48.5 Å². The van der Waals surface area contributed by atoms with E-state index in [4.69, 9.17) is 9.47 Å². The molecular weight excluding hydrogens is 382 g/mol. The quantitative estimate of drug-likeness (QED) is 0.551. The van der Waals surface area contributed by atoms with Crippen LogP contribution in [0.3, 0.4) is 0 Å². The smallest absolute Gasteiger partial charge is 0.333 e. The van der Waals surface area contributed by atoms with Crippen molar-refractivity contribution in [3.8, 4) is 11.4 Å². The summed E-state index contributed by atoms with van der Waals surface area (Å²) in [6.45, 7) is 6.52. The number of benzene rings is 2. The molecule has 3 rings (SSSR count). The van der Waals surface area contributed by atoms with Crippen molar-refractivity contribution < 1.29 is 19.4 Å².